The van der Waals surface area contributed by atoms with Gasteiger partial charge in [0.2, 0.25) is 0 Å². The SMILES string of the molecule is CC(=O)CC(C)N1CCC(F)C1. The van der Waals surface area contributed by atoms with Crippen LogP contribution in [-0.4, -0.2) is 36.0 Å². The maximum absolute atomic E-state index is 12.7. The Labute approximate surface area is 72.7 Å². The smallest absolute Gasteiger partial charge is 0.131 e. The quantitative estimate of drug-likeness (QED) is 0.643. The average Bonchev–Trinajstić information content (AvgIpc) is 2.34. The predicted molar refractivity (Wildman–Crippen MR) is 45.8 cm³/mol. The first-order chi connectivity index (χ1) is 5.59. The van der Waals surface area contributed by atoms with Gasteiger partial charge in [-0.25, -0.2) is 4.39 Å². The number of hydrogen-bond acceptors (Lipinski definition) is 2. The van der Waals surface area contributed by atoms with Crippen LogP contribution in [0.4, 0.5) is 4.39 Å². The van der Waals surface area contributed by atoms with E-state index < -0.39 is 6.17 Å². The van der Waals surface area contributed by atoms with Gasteiger partial charge in [0, 0.05) is 25.6 Å². The lowest BCUT2D eigenvalue weighted by molar-refractivity contribution is -0.118. The van der Waals surface area contributed by atoms with Crippen molar-refractivity contribution >= 4 is 5.78 Å². The molecule has 2 unspecified atom stereocenters. The van der Waals surface area contributed by atoms with Gasteiger partial charge in [0.25, 0.3) is 0 Å². The first-order valence-electron chi connectivity index (χ1n) is 4.47. The molecule has 70 valence electrons. The fourth-order valence-electron chi connectivity index (χ4n) is 1.69. The summed E-state index contributed by atoms with van der Waals surface area (Å²) in [5.41, 5.74) is 0. The van der Waals surface area contributed by atoms with Crippen molar-refractivity contribution in [1.82, 2.24) is 4.90 Å². The molecule has 1 heterocycles. The van der Waals surface area contributed by atoms with Gasteiger partial charge in [0.1, 0.15) is 12.0 Å². The van der Waals surface area contributed by atoms with Crippen LogP contribution in [0.15, 0.2) is 0 Å². The number of hydrogen-bond donors (Lipinski definition) is 0. The van der Waals surface area contributed by atoms with Gasteiger partial charge in [-0.3, -0.25) is 9.69 Å². The topological polar surface area (TPSA) is 20.3 Å². The third-order valence-electron chi connectivity index (χ3n) is 2.37. The molecule has 0 bridgehead atoms. The van der Waals surface area contributed by atoms with Gasteiger partial charge in [-0.05, 0) is 20.3 Å². The highest BCUT2D eigenvalue weighted by molar-refractivity contribution is 5.76. The van der Waals surface area contributed by atoms with Crippen LogP contribution in [0.1, 0.15) is 26.7 Å². The first-order valence-corrected chi connectivity index (χ1v) is 4.47. The molecule has 1 aliphatic heterocycles. The van der Waals surface area contributed by atoms with Crippen molar-refractivity contribution in [2.75, 3.05) is 13.1 Å². The molecular weight excluding hydrogens is 157 g/mol. The van der Waals surface area contributed by atoms with Crippen molar-refractivity contribution in [1.29, 1.82) is 0 Å². The minimum absolute atomic E-state index is 0.185. The zero-order valence-electron chi connectivity index (χ0n) is 7.72. The summed E-state index contributed by atoms with van der Waals surface area (Å²) in [6, 6.07) is 0.211. The molecule has 0 radical (unpaired) electrons. The molecule has 0 aromatic heterocycles. The zero-order valence-corrected chi connectivity index (χ0v) is 7.72. The summed E-state index contributed by atoms with van der Waals surface area (Å²) < 4.78 is 12.7. The number of likely N-dealkylation sites (tertiary alicyclic amines) is 1. The van der Waals surface area contributed by atoms with Gasteiger partial charge < -0.3 is 0 Å². The van der Waals surface area contributed by atoms with Crippen molar-refractivity contribution in [3.63, 3.8) is 0 Å². The van der Waals surface area contributed by atoms with Crippen LogP contribution in [0.2, 0.25) is 0 Å². The van der Waals surface area contributed by atoms with Crippen molar-refractivity contribution < 1.29 is 9.18 Å². The van der Waals surface area contributed by atoms with Gasteiger partial charge in [0.15, 0.2) is 0 Å². The van der Waals surface area contributed by atoms with Gasteiger partial charge in [0.05, 0.1) is 0 Å². The Morgan fingerprint density at radius 2 is 2.42 bits per heavy atom. The molecule has 12 heavy (non-hydrogen) atoms. The molecule has 0 aliphatic carbocycles. The van der Waals surface area contributed by atoms with Crippen molar-refractivity contribution in [3.05, 3.63) is 0 Å². The van der Waals surface area contributed by atoms with Gasteiger partial charge in [-0.2, -0.15) is 0 Å². The Hall–Kier alpha value is -0.440. The third-order valence-corrected chi connectivity index (χ3v) is 2.37. The van der Waals surface area contributed by atoms with Crippen LogP contribution in [0.5, 0.6) is 0 Å². The standard InChI is InChI=1S/C9H16FNO/c1-7(5-8(2)12)11-4-3-9(10)6-11/h7,9H,3-6H2,1-2H3. The minimum atomic E-state index is -0.681. The molecule has 2 atom stereocenters. The lowest BCUT2D eigenvalue weighted by Gasteiger charge is -2.22. The summed E-state index contributed by atoms with van der Waals surface area (Å²) in [4.78, 5) is 12.8. The van der Waals surface area contributed by atoms with Crippen LogP contribution in [-0.2, 0) is 4.79 Å². The highest BCUT2D eigenvalue weighted by atomic mass is 19.1. The van der Waals surface area contributed by atoms with E-state index in [-0.39, 0.29) is 11.8 Å². The van der Waals surface area contributed by atoms with Crippen LogP contribution in [0.25, 0.3) is 0 Å². The molecule has 2 nitrogen and oxygen atoms in total. The highest BCUT2D eigenvalue weighted by Crippen LogP contribution is 2.16. The Balaban J connectivity index is 2.32. The lowest BCUT2D eigenvalue weighted by Crippen LogP contribution is -2.32. The van der Waals surface area contributed by atoms with E-state index in [1.165, 1.54) is 0 Å². The average molecular weight is 173 g/mol. The second kappa shape index (κ2) is 3.99. The van der Waals surface area contributed by atoms with Crippen LogP contribution in [0.3, 0.4) is 0 Å². The number of Topliss-reactive ketones (excluding diaryl/α,β-unsaturated/α-hetero) is 1. The second-order valence-corrected chi connectivity index (χ2v) is 3.64. The molecule has 0 aromatic carbocycles. The first kappa shape index (κ1) is 9.65. The Kier molecular flexibility index (Phi) is 3.20. The van der Waals surface area contributed by atoms with Crippen molar-refractivity contribution in [3.8, 4) is 0 Å². The Morgan fingerprint density at radius 3 is 2.83 bits per heavy atom. The van der Waals surface area contributed by atoms with E-state index in [1.807, 2.05) is 11.8 Å². The Morgan fingerprint density at radius 1 is 1.75 bits per heavy atom. The molecule has 0 saturated carbocycles. The Bertz CT molecular complexity index is 172. The maximum atomic E-state index is 12.7. The summed E-state index contributed by atoms with van der Waals surface area (Å²) in [6.45, 7) is 4.88. The number of halogens is 1. The molecule has 3 heteroatoms. The molecule has 1 fully saturated rings. The van der Waals surface area contributed by atoms with E-state index in [0.717, 1.165) is 6.54 Å². The van der Waals surface area contributed by atoms with Gasteiger partial charge in [-0.1, -0.05) is 0 Å². The van der Waals surface area contributed by atoms with Crippen LogP contribution in [0, 0.1) is 0 Å². The lowest BCUT2D eigenvalue weighted by atomic mass is 10.1. The monoisotopic (exact) mass is 173 g/mol. The predicted octanol–water partition coefficient (Wildman–Crippen LogP) is 1.40. The molecule has 1 saturated heterocycles. The number of carbonyl (C=O) groups is 1. The molecule has 1 rings (SSSR count). The largest absolute Gasteiger partial charge is 0.300 e. The fourth-order valence-corrected chi connectivity index (χ4v) is 1.69. The number of carbonyl (C=O) groups excluding carboxylic acids is 1. The molecule has 0 spiro atoms. The van der Waals surface area contributed by atoms with Crippen molar-refractivity contribution in [2.24, 2.45) is 0 Å². The number of alkyl halides is 1. The van der Waals surface area contributed by atoms with Crippen LogP contribution >= 0.6 is 0 Å². The summed E-state index contributed by atoms with van der Waals surface area (Å²) >= 11 is 0. The maximum Gasteiger partial charge on any atom is 0.131 e. The number of ketones is 1. The molecule has 0 aromatic rings. The molecule has 1 aliphatic rings. The van der Waals surface area contributed by atoms with E-state index in [0.29, 0.717) is 19.4 Å². The minimum Gasteiger partial charge on any atom is -0.300 e. The highest BCUT2D eigenvalue weighted by Gasteiger charge is 2.25. The number of rotatable bonds is 3. The van der Waals surface area contributed by atoms with Crippen LogP contribution < -0.4 is 0 Å². The van der Waals surface area contributed by atoms with E-state index in [1.54, 1.807) is 6.92 Å². The van der Waals surface area contributed by atoms with Crippen molar-refractivity contribution in [2.45, 2.75) is 38.9 Å². The van der Waals surface area contributed by atoms with E-state index in [9.17, 15) is 9.18 Å². The molecule has 0 amide bonds. The fraction of sp³-hybridized carbons (Fsp3) is 0.889. The molecular formula is C9H16FNO. The van der Waals surface area contributed by atoms with Gasteiger partial charge >= 0.3 is 0 Å². The summed E-state index contributed by atoms with van der Waals surface area (Å²) in [5, 5.41) is 0. The van der Waals surface area contributed by atoms with E-state index >= 15 is 0 Å². The van der Waals surface area contributed by atoms with Gasteiger partial charge in [-0.15, -0.1) is 0 Å². The number of nitrogens with zero attached hydrogens (tertiary/aromatic N) is 1. The third kappa shape index (κ3) is 2.55. The second-order valence-electron chi connectivity index (χ2n) is 3.64. The normalized spacial score (nSPS) is 27.4. The summed E-state index contributed by atoms with van der Waals surface area (Å²) in [6.07, 6.45) is 0.494. The summed E-state index contributed by atoms with van der Waals surface area (Å²) in [7, 11) is 0. The zero-order chi connectivity index (χ0) is 9.14. The summed E-state index contributed by atoms with van der Waals surface area (Å²) in [5.74, 6) is 0.185. The molecule has 0 N–H and O–H groups in total. The van der Waals surface area contributed by atoms with E-state index in [4.69, 9.17) is 0 Å². The van der Waals surface area contributed by atoms with E-state index in [2.05, 4.69) is 0 Å².